The first kappa shape index (κ1) is 20.2. The molecule has 2 unspecified atom stereocenters. The van der Waals surface area contributed by atoms with Gasteiger partial charge in [0.1, 0.15) is 12.2 Å². The first-order valence-corrected chi connectivity index (χ1v) is 11.4. The predicted octanol–water partition coefficient (Wildman–Crippen LogP) is 6.75. The first-order chi connectivity index (χ1) is 16.3. The van der Waals surface area contributed by atoms with Crippen LogP contribution in [0.2, 0.25) is 0 Å². The maximum atomic E-state index is 6.68. The Morgan fingerprint density at radius 2 is 0.970 bits per heavy atom. The van der Waals surface area contributed by atoms with Crippen LogP contribution >= 0.6 is 0 Å². The van der Waals surface area contributed by atoms with Gasteiger partial charge >= 0.3 is 5.97 Å². The van der Waals surface area contributed by atoms with Gasteiger partial charge in [0.15, 0.2) is 0 Å². The first-order valence-electron chi connectivity index (χ1n) is 11.4. The summed E-state index contributed by atoms with van der Waals surface area (Å²) in [6.45, 7) is 0. The number of hydrogen-bond donors (Lipinski definition) is 0. The van der Waals surface area contributed by atoms with Crippen LogP contribution in [0, 0.1) is 0 Å². The van der Waals surface area contributed by atoms with E-state index in [1.165, 1.54) is 0 Å². The van der Waals surface area contributed by atoms with E-state index < -0.39 is 5.97 Å². The van der Waals surface area contributed by atoms with E-state index in [4.69, 9.17) is 14.3 Å². The maximum Gasteiger partial charge on any atom is 0.309 e. The summed E-state index contributed by atoms with van der Waals surface area (Å²) in [6.07, 6.45) is -0.0000311. The lowest BCUT2D eigenvalue weighted by atomic mass is 9.99. The van der Waals surface area contributed by atoms with Gasteiger partial charge in [0, 0.05) is 0 Å². The van der Waals surface area contributed by atoms with Crippen LogP contribution < -0.4 is 5.06 Å². The molecule has 4 aromatic carbocycles. The molecule has 0 bridgehead atoms. The number of para-hydroxylation sites is 1. The summed E-state index contributed by atoms with van der Waals surface area (Å²) in [5.74, 6) is -1.18. The highest BCUT2D eigenvalue weighted by molar-refractivity contribution is 5.47. The Bertz CT molecular complexity index is 989. The fourth-order valence-corrected chi connectivity index (χ4v) is 4.76. The minimum atomic E-state index is -1.18. The summed E-state index contributed by atoms with van der Waals surface area (Å²) in [6, 6.07) is 41.0. The van der Waals surface area contributed by atoms with Crippen LogP contribution in [-0.2, 0) is 14.3 Å². The maximum absolute atomic E-state index is 6.68. The zero-order valence-electron chi connectivity index (χ0n) is 18.2. The number of ether oxygens (including phenoxy) is 2. The molecule has 33 heavy (non-hydrogen) atoms. The highest BCUT2D eigenvalue weighted by atomic mass is 17.0. The summed E-state index contributed by atoms with van der Waals surface area (Å²) < 4.78 is 13.4. The molecule has 2 saturated heterocycles. The van der Waals surface area contributed by atoms with Crippen LogP contribution in [0.5, 0.6) is 0 Å². The molecule has 4 aromatic rings. The van der Waals surface area contributed by atoms with Gasteiger partial charge in [-0.05, 0) is 28.8 Å². The molecule has 6 rings (SSSR count). The van der Waals surface area contributed by atoms with Crippen molar-refractivity contribution in [2.24, 2.45) is 0 Å². The third-order valence-corrected chi connectivity index (χ3v) is 6.30. The third-order valence-electron chi connectivity index (χ3n) is 6.30. The topological polar surface area (TPSA) is 30.9 Å². The fourth-order valence-electron chi connectivity index (χ4n) is 4.76. The zero-order valence-corrected chi connectivity index (χ0v) is 18.2. The van der Waals surface area contributed by atoms with Crippen molar-refractivity contribution in [2.45, 2.75) is 30.6 Å². The lowest BCUT2D eigenvalue weighted by Gasteiger charge is -2.26. The molecule has 4 heteroatoms. The van der Waals surface area contributed by atoms with Crippen molar-refractivity contribution in [2.75, 3.05) is 5.06 Å². The molecule has 164 valence electrons. The molecule has 0 radical (unpaired) electrons. The van der Waals surface area contributed by atoms with Gasteiger partial charge in [-0.15, -0.1) is 0 Å². The molecule has 2 fully saturated rings. The SMILES string of the molecule is c1ccc(C2CC3(O[C@H](c4ccccc4)[C@H](c4ccccc4)O3)ON2c2ccccc2)cc1. The second-order valence-corrected chi connectivity index (χ2v) is 8.46. The standard InChI is InChI=1S/C29H25NO3/c1-5-13-22(14-6-1)26-21-29(33-30(26)25-19-11-4-12-20-25)31-27(23-15-7-2-8-16-23)28(32-29)24-17-9-3-10-18-24/h1-20,26-28H,21H2/t26?,27-,28+,29?. The Labute approximate surface area is 193 Å². The highest BCUT2D eigenvalue weighted by Crippen LogP contribution is 2.55. The number of anilines is 1. The van der Waals surface area contributed by atoms with E-state index in [9.17, 15) is 0 Å². The molecule has 0 amide bonds. The van der Waals surface area contributed by atoms with Crippen molar-refractivity contribution in [3.8, 4) is 0 Å². The van der Waals surface area contributed by atoms with Crippen molar-refractivity contribution in [3.63, 3.8) is 0 Å². The molecule has 0 aliphatic carbocycles. The number of hydrogen-bond acceptors (Lipinski definition) is 4. The second kappa shape index (κ2) is 8.49. The van der Waals surface area contributed by atoms with Gasteiger partial charge in [0.05, 0.1) is 18.2 Å². The van der Waals surface area contributed by atoms with Crippen LogP contribution in [0.1, 0.15) is 41.4 Å². The van der Waals surface area contributed by atoms with Gasteiger partial charge in [0.25, 0.3) is 0 Å². The van der Waals surface area contributed by atoms with E-state index in [0.29, 0.717) is 6.42 Å². The molecule has 2 aliphatic heterocycles. The van der Waals surface area contributed by atoms with Crippen molar-refractivity contribution in [1.29, 1.82) is 0 Å². The Balaban J connectivity index is 1.40. The molecule has 4 atom stereocenters. The quantitative estimate of drug-likeness (QED) is 0.355. The second-order valence-electron chi connectivity index (χ2n) is 8.46. The average Bonchev–Trinajstić information content (AvgIpc) is 3.47. The van der Waals surface area contributed by atoms with E-state index in [1.807, 2.05) is 77.9 Å². The summed E-state index contributed by atoms with van der Waals surface area (Å²) in [5, 5.41) is 1.94. The van der Waals surface area contributed by atoms with Crippen molar-refractivity contribution >= 4 is 5.69 Å². The van der Waals surface area contributed by atoms with Gasteiger partial charge in [0.2, 0.25) is 0 Å². The normalized spacial score (nSPS) is 26.7. The van der Waals surface area contributed by atoms with Gasteiger partial charge < -0.3 is 9.47 Å². The van der Waals surface area contributed by atoms with Crippen LogP contribution in [0.15, 0.2) is 121 Å². The molecule has 4 nitrogen and oxygen atoms in total. The molecular weight excluding hydrogens is 410 g/mol. The Kier molecular flexibility index (Phi) is 5.19. The molecule has 2 heterocycles. The van der Waals surface area contributed by atoms with Crippen molar-refractivity contribution < 1.29 is 14.3 Å². The molecule has 0 saturated carbocycles. The molecule has 0 N–H and O–H groups in total. The number of nitrogens with zero attached hydrogens (tertiary/aromatic N) is 1. The lowest BCUT2D eigenvalue weighted by molar-refractivity contribution is -0.324. The van der Waals surface area contributed by atoms with Crippen LogP contribution in [0.3, 0.4) is 0 Å². The van der Waals surface area contributed by atoms with Gasteiger partial charge in [-0.3, -0.25) is 0 Å². The highest BCUT2D eigenvalue weighted by Gasteiger charge is 2.58. The Morgan fingerprint density at radius 3 is 1.45 bits per heavy atom. The van der Waals surface area contributed by atoms with E-state index in [2.05, 4.69) is 48.5 Å². The number of benzene rings is 4. The van der Waals surface area contributed by atoms with E-state index in [0.717, 1.165) is 22.4 Å². The van der Waals surface area contributed by atoms with E-state index >= 15 is 0 Å². The number of hydroxylamine groups is 1. The zero-order chi connectivity index (χ0) is 22.1. The van der Waals surface area contributed by atoms with Gasteiger partial charge in [-0.1, -0.05) is 109 Å². The Morgan fingerprint density at radius 1 is 0.545 bits per heavy atom. The van der Waals surface area contributed by atoms with Crippen LogP contribution in [0.25, 0.3) is 0 Å². The fraction of sp³-hybridized carbons (Fsp3) is 0.172. The van der Waals surface area contributed by atoms with Gasteiger partial charge in [-0.2, -0.15) is 0 Å². The van der Waals surface area contributed by atoms with Crippen LogP contribution in [-0.4, -0.2) is 5.97 Å². The summed E-state index contributed by atoms with van der Waals surface area (Å²) in [4.78, 5) is 6.56. The largest absolute Gasteiger partial charge is 0.315 e. The van der Waals surface area contributed by atoms with Gasteiger partial charge in [-0.25, -0.2) is 9.90 Å². The predicted molar refractivity (Wildman–Crippen MR) is 127 cm³/mol. The van der Waals surface area contributed by atoms with E-state index in [1.54, 1.807) is 0 Å². The average molecular weight is 436 g/mol. The smallest absolute Gasteiger partial charge is 0.309 e. The van der Waals surface area contributed by atoms with Crippen molar-refractivity contribution in [3.05, 3.63) is 138 Å². The third kappa shape index (κ3) is 3.83. The van der Waals surface area contributed by atoms with Crippen molar-refractivity contribution in [1.82, 2.24) is 0 Å². The number of rotatable bonds is 4. The lowest BCUT2D eigenvalue weighted by Crippen LogP contribution is -2.32. The summed E-state index contributed by atoms with van der Waals surface area (Å²) >= 11 is 0. The van der Waals surface area contributed by atoms with E-state index in [-0.39, 0.29) is 18.2 Å². The summed E-state index contributed by atoms with van der Waals surface area (Å²) in [7, 11) is 0. The minimum Gasteiger partial charge on any atom is -0.315 e. The molecule has 2 aliphatic rings. The summed E-state index contributed by atoms with van der Waals surface area (Å²) in [5.41, 5.74) is 4.27. The van der Waals surface area contributed by atoms with Crippen LogP contribution in [0.4, 0.5) is 5.69 Å². The monoisotopic (exact) mass is 435 g/mol. The Hall–Kier alpha value is -3.44. The molecule has 0 aromatic heterocycles. The molecular formula is C29H25NO3. The minimum absolute atomic E-state index is 0.0421. The molecule has 1 spiro atoms.